The minimum atomic E-state index is -1.49. The maximum absolute atomic E-state index is 11.1. The average molecular weight is 387 g/mol. The molecule has 152 valence electrons. The van der Waals surface area contributed by atoms with Gasteiger partial charge in [0.1, 0.15) is 5.76 Å². The van der Waals surface area contributed by atoms with E-state index >= 15 is 0 Å². The molecule has 0 atom stereocenters. The van der Waals surface area contributed by atoms with Gasteiger partial charge in [-0.25, -0.2) is 9.78 Å². The fraction of sp³-hybridized carbons (Fsp3) is 0.545. The summed E-state index contributed by atoms with van der Waals surface area (Å²) < 4.78 is 16.6. The molecule has 3 rings (SSSR count). The summed E-state index contributed by atoms with van der Waals surface area (Å²) in [5.74, 6) is -0.729. The molecule has 0 bridgehead atoms. The van der Waals surface area contributed by atoms with Crippen molar-refractivity contribution in [1.82, 2.24) is 4.98 Å². The van der Waals surface area contributed by atoms with Crippen LogP contribution in [-0.4, -0.2) is 35.1 Å². The van der Waals surface area contributed by atoms with Gasteiger partial charge in [0.25, 0.3) is 5.79 Å². The van der Waals surface area contributed by atoms with Crippen molar-refractivity contribution in [1.29, 1.82) is 0 Å². The smallest absolute Gasteiger partial charge is 0.364 e. The van der Waals surface area contributed by atoms with E-state index in [-0.39, 0.29) is 5.92 Å². The van der Waals surface area contributed by atoms with Gasteiger partial charge in [0.15, 0.2) is 0 Å². The van der Waals surface area contributed by atoms with Gasteiger partial charge in [0.2, 0.25) is 5.89 Å². The largest absolute Gasteiger partial charge is 0.477 e. The lowest BCUT2D eigenvalue weighted by Gasteiger charge is -2.34. The second-order valence-electron chi connectivity index (χ2n) is 7.73. The van der Waals surface area contributed by atoms with Crippen LogP contribution in [0.25, 0.3) is 11.5 Å². The number of ether oxygens (including phenoxy) is 2. The van der Waals surface area contributed by atoms with Crippen molar-refractivity contribution in [2.24, 2.45) is 5.92 Å². The summed E-state index contributed by atoms with van der Waals surface area (Å²) >= 11 is 0. The number of carboxylic acids is 1. The minimum absolute atomic E-state index is 0.259. The van der Waals surface area contributed by atoms with Gasteiger partial charge in [-0.2, -0.15) is 0 Å². The summed E-state index contributed by atoms with van der Waals surface area (Å²) in [6.45, 7) is 6.36. The Labute approximate surface area is 165 Å². The number of nitrogens with zero attached hydrogens (tertiary/aromatic N) is 1. The zero-order valence-electron chi connectivity index (χ0n) is 16.9. The van der Waals surface area contributed by atoms with E-state index in [1.165, 1.54) is 12.5 Å². The number of benzene rings is 1. The highest BCUT2D eigenvalue weighted by Gasteiger charge is 2.40. The molecule has 0 saturated carbocycles. The molecule has 1 aromatic carbocycles. The van der Waals surface area contributed by atoms with Crippen molar-refractivity contribution < 1.29 is 23.8 Å². The van der Waals surface area contributed by atoms with Crippen molar-refractivity contribution in [3.8, 4) is 11.5 Å². The maximum atomic E-state index is 11.1. The van der Waals surface area contributed by atoms with Gasteiger partial charge in [0.05, 0.1) is 18.9 Å². The highest BCUT2D eigenvalue weighted by Crippen LogP contribution is 2.26. The monoisotopic (exact) mass is 387 g/mol. The summed E-state index contributed by atoms with van der Waals surface area (Å²) in [6.07, 6.45) is 5.06. The first-order chi connectivity index (χ1) is 13.4. The van der Waals surface area contributed by atoms with E-state index < -0.39 is 11.8 Å². The van der Waals surface area contributed by atoms with Crippen LogP contribution in [0.1, 0.15) is 49.6 Å². The van der Waals surface area contributed by atoms with Crippen LogP contribution in [0.5, 0.6) is 0 Å². The van der Waals surface area contributed by atoms with Gasteiger partial charge in [-0.1, -0.05) is 30.5 Å². The van der Waals surface area contributed by atoms with Crippen molar-refractivity contribution in [2.45, 2.75) is 58.7 Å². The predicted octanol–water partition coefficient (Wildman–Crippen LogP) is 4.53. The van der Waals surface area contributed by atoms with E-state index in [0.29, 0.717) is 19.1 Å². The molecule has 6 nitrogen and oxygen atoms in total. The molecule has 0 amide bonds. The number of aromatic nitrogens is 1. The number of carboxylic acid groups (broad SMARTS) is 1. The third-order valence-corrected chi connectivity index (χ3v) is 5.29. The van der Waals surface area contributed by atoms with Gasteiger partial charge in [-0.15, -0.1) is 0 Å². The zero-order chi connectivity index (χ0) is 20.1. The number of rotatable bonds is 8. The van der Waals surface area contributed by atoms with Gasteiger partial charge < -0.3 is 19.0 Å². The van der Waals surface area contributed by atoms with E-state index in [1.54, 1.807) is 0 Å². The van der Waals surface area contributed by atoms with Gasteiger partial charge in [-0.05, 0) is 45.2 Å². The fourth-order valence-electron chi connectivity index (χ4n) is 3.32. The Balaban J connectivity index is 1.39. The van der Waals surface area contributed by atoms with Crippen molar-refractivity contribution in [2.75, 3.05) is 13.2 Å². The number of carbonyl (C=O) groups is 1. The average Bonchev–Trinajstić information content (AvgIpc) is 3.04. The van der Waals surface area contributed by atoms with Crippen molar-refractivity contribution in [3.63, 3.8) is 0 Å². The van der Waals surface area contributed by atoms with Crippen molar-refractivity contribution in [3.05, 3.63) is 41.3 Å². The lowest BCUT2D eigenvalue weighted by molar-refractivity contribution is -0.271. The van der Waals surface area contributed by atoms with Gasteiger partial charge in [0, 0.05) is 18.4 Å². The topological polar surface area (TPSA) is 81.8 Å². The molecule has 2 aromatic rings. The molecule has 0 aliphatic carbocycles. The number of hydrogen-bond donors (Lipinski definition) is 1. The lowest BCUT2D eigenvalue weighted by Crippen LogP contribution is -2.47. The summed E-state index contributed by atoms with van der Waals surface area (Å²) in [4.78, 5) is 15.8. The predicted molar refractivity (Wildman–Crippen MR) is 105 cm³/mol. The van der Waals surface area contributed by atoms with E-state index in [4.69, 9.17) is 19.0 Å². The molecule has 2 heterocycles. The Bertz CT molecular complexity index is 788. The highest BCUT2D eigenvalue weighted by atomic mass is 16.7. The van der Waals surface area contributed by atoms with Crippen LogP contribution in [0.15, 0.2) is 28.7 Å². The minimum Gasteiger partial charge on any atom is -0.477 e. The highest BCUT2D eigenvalue weighted by molar-refractivity contribution is 5.75. The van der Waals surface area contributed by atoms with Crippen LogP contribution in [0.3, 0.4) is 0 Å². The summed E-state index contributed by atoms with van der Waals surface area (Å²) in [6, 6.07) is 8.20. The molecule has 28 heavy (non-hydrogen) atoms. The molecule has 1 aliphatic heterocycles. The molecular formula is C22H29NO5. The second-order valence-corrected chi connectivity index (χ2v) is 7.73. The third-order valence-electron chi connectivity index (χ3n) is 5.29. The van der Waals surface area contributed by atoms with Crippen LogP contribution in [0, 0.1) is 19.8 Å². The summed E-state index contributed by atoms with van der Waals surface area (Å²) in [5, 5.41) is 9.08. The van der Waals surface area contributed by atoms with E-state index in [0.717, 1.165) is 49.1 Å². The molecule has 1 aromatic heterocycles. The Morgan fingerprint density at radius 1 is 1.14 bits per heavy atom. The standard InChI is InChI=1S/C22H29NO5/c1-15-9-11-18(12-10-15)20-23-19(16(2)28-20)8-6-4-5-7-17-13-26-22(3,21(24)25)27-14-17/h9-12,17H,4-8,13-14H2,1-3H3,(H,24,25). The molecule has 6 heteroatoms. The molecule has 1 saturated heterocycles. The normalized spacial score (nSPS) is 22.3. The molecule has 1 fully saturated rings. The van der Waals surface area contributed by atoms with Crippen molar-refractivity contribution >= 4 is 5.97 Å². The third kappa shape index (κ3) is 5.00. The first-order valence-electron chi connectivity index (χ1n) is 9.92. The molecule has 1 aliphatic rings. The maximum Gasteiger partial charge on any atom is 0.364 e. The van der Waals surface area contributed by atoms with Crippen LogP contribution in [0.2, 0.25) is 0 Å². The number of aliphatic carboxylic acids is 1. The fourth-order valence-corrected chi connectivity index (χ4v) is 3.32. The molecule has 0 spiro atoms. The number of aryl methyl sites for hydroxylation is 3. The van der Waals surface area contributed by atoms with Crippen LogP contribution in [-0.2, 0) is 20.7 Å². The second kappa shape index (κ2) is 8.88. The zero-order valence-corrected chi connectivity index (χ0v) is 16.9. The summed E-state index contributed by atoms with van der Waals surface area (Å²) in [5.41, 5.74) is 3.25. The quantitative estimate of drug-likeness (QED) is 0.671. The Kier molecular flexibility index (Phi) is 6.52. The van der Waals surface area contributed by atoms with Crippen LogP contribution >= 0.6 is 0 Å². The first-order valence-corrected chi connectivity index (χ1v) is 9.92. The number of unbranched alkanes of at least 4 members (excludes halogenated alkanes) is 2. The van der Waals surface area contributed by atoms with E-state index in [9.17, 15) is 4.79 Å². The van der Waals surface area contributed by atoms with Gasteiger partial charge >= 0.3 is 5.97 Å². The Morgan fingerprint density at radius 3 is 2.46 bits per heavy atom. The Hall–Kier alpha value is -2.18. The molecule has 1 N–H and O–H groups in total. The van der Waals surface area contributed by atoms with Crippen LogP contribution in [0.4, 0.5) is 0 Å². The SMILES string of the molecule is Cc1ccc(-c2nc(CCCCCC3COC(C)(C(=O)O)OC3)c(C)o2)cc1. The Morgan fingerprint density at radius 2 is 1.82 bits per heavy atom. The number of hydrogen-bond acceptors (Lipinski definition) is 5. The van der Waals surface area contributed by atoms with Crippen LogP contribution < -0.4 is 0 Å². The van der Waals surface area contributed by atoms with E-state index in [1.807, 2.05) is 19.1 Å². The first kappa shape index (κ1) is 20.6. The number of oxazole rings is 1. The van der Waals surface area contributed by atoms with Gasteiger partial charge in [-0.3, -0.25) is 0 Å². The van der Waals surface area contributed by atoms with E-state index in [2.05, 4.69) is 24.0 Å². The molecule has 0 unspecified atom stereocenters. The summed E-state index contributed by atoms with van der Waals surface area (Å²) in [7, 11) is 0. The molecular weight excluding hydrogens is 358 g/mol. The molecule has 0 radical (unpaired) electrons. The lowest BCUT2D eigenvalue weighted by atomic mass is 10.0.